The number of fused-ring (bicyclic) bond motifs is 9. The highest BCUT2D eigenvalue weighted by molar-refractivity contribution is 6.23. The summed E-state index contributed by atoms with van der Waals surface area (Å²) in [5, 5.41) is 5.32. The van der Waals surface area contributed by atoms with Gasteiger partial charge in [0.1, 0.15) is 0 Å². The van der Waals surface area contributed by atoms with Gasteiger partial charge in [-0.25, -0.2) is 9.97 Å². The first-order chi connectivity index (χ1) is 25.3. The lowest BCUT2D eigenvalue weighted by atomic mass is 9.43. The van der Waals surface area contributed by atoms with E-state index in [1.807, 2.05) is 18.5 Å². The summed E-state index contributed by atoms with van der Waals surface area (Å²) >= 11 is 0. The Morgan fingerprint density at radius 3 is 2.10 bits per heavy atom. The predicted molar refractivity (Wildman–Crippen MR) is 208 cm³/mol. The van der Waals surface area contributed by atoms with E-state index in [0.29, 0.717) is 0 Å². The summed E-state index contributed by atoms with van der Waals surface area (Å²) < 4.78 is 2.56. The molecule has 5 aliphatic carbocycles. The molecule has 244 valence electrons. The summed E-state index contributed by atoms with van der Waals surface area (Å²) in [6.45, 7) is 0. The topological polar surface area (TPSA) is 30.7 Å². The third kappa shape index (κ3) is 3.69. The summed E-state index contributed by atoms with van der Waals surface area (Å²) in [4.78, 5) is 9.24. The maximum Gasteiger partial charge on any atom is 0.159 e. The van der Waals surface area contributed by atoms with Crippen LogP contribution >= 0.6 is 0 Å². The van der Waals surface area contributed by atoms with Gasteiger partial charge in [-0.3, -0.25) is 0 Å². The predicted octanol–water partition coefficient (Wildman–Crippen LogP) is 11.8. The summed E-state index contributed by atoms with van der Waals surface area (Å²) in [5.41, 5.74) is 13.4. The molecule has 4 bridgehead atoms. The van der Waals surface area contributed by atoms with E-state index < -0.39 is 0 Å². The zero-order valence-electron chi connectivity index (χ0n) is 28.5. The van der Waals surface area contributed by atoms with Crippen LogP contribution in [0.15, 0.2) is 140 Å². The van der Waals surface area contributed by atoms with Crippen LogP contribution in [-0.4, -0.2) is 14.5 Å². The molecule has 1 spiro atoms. The van der Waals surface area contributed by atoms with Crippen LogP contribution in [0.5, 0.6) is 0 Å². The highest BCUT2D eigenvalue weighted by Crippen LogP contribution is 2.70. The van der Waals surface area contributed by atoms with Gasteiger partial charge in [-0.05, 0) is 119 Å². The Balaban J connectivity index is 1.16. The van der Waals surface area contributed by atoms with Gasteiger partial charge in [-0.1, -0.05) is 103 Å². The van der Waals surface area contributed by atoms with Gasteiger partial charge in [0, 0.05) is 45.2 Å². The third-order valence-corrected chi connectivity index (χ3v) is 13.5. The van der Waals surface area contributed by atoms with Crippen LogP contribution in [0.4, 0.5) is 0 Å². The molecule has 2 aromatic heterocycles. The van der Waals surface area contributed by atoms with Crippen molar-refractivity contribution in [3.8, 4) is 39.3 Å². The SMILES string of the molecule is c1cnc(-c2ccccc2-c2cccc(-n3c4ccc5c(c4c4ccc6ccccc6c43)-c3ccccc3C53C4CC5CC(C4)CC3C5)c2)nc1. The largest absolute Gasteiger partial charge is 0.309 e. The monoisotopic (exact) mass is 655 g/mol. The molecule has 4 fully saturated rings. The van der Waals surface area contributed by atoms with Gasteiger partial charge in [0.05, 0.1) is 11.0 Å². The zero-order valence-corrected chi connectivity index (χ0v) is 28.5. The maximum absolute atomic E-state index is 4.62. The summed E-state index contributed by atoms with van der Waals surface area (Å²) in [5.74, 6) is 4.09. The van der Waals surface area contributed by atoms with Gasteiger partial charge in [0.2, 0.25) is 0 Å². The van der Waals surface area contributed by atoms with Crippen molar-refractivity contribution in [1.29, 1.82) is 0 Å². The lowest BCUT2D eigenvalue weighted by molar-refractivity contribution is -0.0399. The van der Waals surface area contributed by atoms with Crippen molar-refractivity contribution in [3.63, 3.8) is 0 Å². The van der Waals surface area contributed by atoms with Crippen molar-refractivity contribution in [2.75, 3.05) is 0 Å². The van der Waals surface area contributed by atoms with E-state index >= 15 is 0 Å². The average Bonchev–Trinajstić information content (AvgIpc) is 3.68. The normalized spacial score (nSPS) is 24.2. The Morgan fingerprint density at radius 1 is 0.549 bits per heavy atom. The Labute approximate surface area is 297 Å². The second-order valence-corrected chi connectivity index (χ2v) is 15.8. The van der Waals surface area contributed by atoms with E-state index in [1.165, 1.54) is 81.5 Å². The number of benzene rings is 6. The fourth-order valence-electron chi connectivity index (χ4n) is 12.0. The molecule has 0 atom stereocenters. The van der Waals surface area contributed by atoms with E-state index in [2.05, 4.69) is 136 Å². The first kappa shape index (κ1) is 28.2. The fourth-order valence-corrected chi connectivity index (χ4v) is 12.0. The molecule has 4 saturated carbocycles. The fraction of sp³-hybridized carbons (Fsp3) is 0.208. The van der Waals surface area contributed by atoms with E-state index in [1.54, 1.807) is 11.1 Å². The van der Waals surface area contributed by atoms with Gasteiger partial charge < -0.3 is 4.57 Å². The molecule has 0 radical (unpaired) electrons. The number of nitrogens with zero attached hydrogens (tertiary/aromatic N) is 3. The zero-order chi connectivity index (χ0) is 33.3. The van der Waals surface area contributed by atoms with Crippen LogP contribution < -0.4 is 0 Å². The van der Waals surface area contributed by atoms with E-state index in [9.17, 15) is 0 Å². The standard InChI is InChI=1S/C48H37N3/c1-2-13-37-31(9-1)17-18-40-45-43(51(46(37)40)35-11-7-10-32(28-35)36-12-3-4-14-38(36)47-49-21-8-22-50-47)20-19-42-44(45)39-15-5-6-16-41(39)48(42)33-24-29-23-30(26-33)27-34(48)25-29/h1-22,28-30,33-34H,23-27H2. The quantitative estimate of drug-likeness (QED) is 0.190. The van der Waals surface area contributed by atoms with Crippen LogP contribution in [0.3, 0.4) is 0 Å². The van der Waals surface area contributed by atoms with Crippen LogP contribution in [0.1, 0.15) is 43.2 Å². The third-order valence-electron chi connectivity index (χ3n) is 13.5. The van der Waals surface area contributed by atoms with Gasteiger partial charge in [-0.15, -0.1) is 0 Å². The van der Waals surface area contributed by atoms with Crippen molar-refractivity contribution in [3.05, 3.63) is 151 Å². The molecule has 0 unspecified atom stereocenters. The maximum atomic E-state index is 4.62. The molecule has 5 aliphatic rings. The molecule has 51 heavy (non-hydrogen) atoms. The highest BCUT2D eigenvalue weighted by atomic mass is 15.0. The van der Waals surface area contributed by atoms with Gasteiger partial charge >= 0.3 is 0 Å². The van der Waals surface area contributed by atoms with Gasteiger partial charge in [0.25, 0.3) is 0 Å². The molecule has 0 amide bonds. The molecule has 3 nitrogen and oxygen atoms in total. The average molecular weight is 656 g/mol. The van der Waals surface area contributed by atoms with Crippen molar-refractivity contribution >= 4 is 32.6 Å². The van der Waals surface area contributed by atoms with Crippen LogP contribution in [0, 0.1) is 23.7 Å². The minimum atomic E-state index is 0.141. The minimum absolute atomic E-state index is 0.141. The van der Waals surface area contributed by atoms with E-state index in [-0.39, 0.29) is 5.41 Å². The van der Waals surface area contributed by atoms with Crippen molar-refractivity contribution in [1.82, 2.24) is 14.5 Å². The molecule has 13 rings (SSSR count). The minimum Gasteiger partial charge on any atom is -0.309 e. The molecule has 0 N–H and O–H groups in total. The van der Waals surface area contributed by atoms with Gasteiger partial charge in [0.15, 0.2) is 5.82 Å². The lowest BCUT2D eigenvalue weighted by Crippen LogP contribution is -2.55. The summed E-state index contributed by atoms with van der Waals surface area (Å²) in [7, 11) is 0. The van der Waals surface area contributed by atoms with Crippen LogP contribution in [0.2, 0.25) is 0 Å². The van der Waals surface area contributed by atoms with Gasteiger partial charge in [-0.2, -0.15) is 0 Å². The summed E-state index contributed by atoms with van der Waals surface area (Å²) in [6, 6.07) is 47.8. The first-order valence-corrected chi connectivity index (χ1v) is 18.8. The number of hydrogen-bond acceptors (Lipinski definition) is 2. The highest BCUT2D eigenvalue weighted by Gasteiger charge is 2.61. The van der Waals surface area contributed by atoms with E-state index in [0.717, 1.165) is 46.2 Å². The molecule has 8 aromatic rings. The molecular weight excluding hydrogens is 619 g/mol. The Morgan fingerprint density at radius 2 is 1.27 bits per heavy atom. The Kier molecular flexibility index (Phi) is 5.67. The second-order valence-electron chi connectivity index (χ2n) is 15.8. The lowest BCUT2D eigenvalue weighted by Gasteiger charge is -2.61. The van der Waals surface area contributed by atoms with Crippen molar-refractivity contribution in [2.24, 2.45) is 23.7 Å². The molecule has 2 heterocycles. The van der Waals surface area contributed by atoms with Crippen molar-refractivity contribution < 1.29 is 0 Å². The Bertz CT molecular complexity index is 2690. The molecule has 0 saturated heterocycles. The summed E-state index contributed by atoms with van der Waals surface area (Å²) in [6.07, 6.45) is 10.7. The molecular formula is C48H37N3. The molecule has 6 aromatic carbocycles. The first-order valence-electron chi connectivity index (χ1n) is 18.8. The molecule has 3 heteroatoms. The van der Waals surface area contributed by atoms with Crippen molar-refractivity contribution in [2.45, 2.75) is 37.5 Å². The number of aromatic nitrogens is 3. The van der Waals surface area contributed by atoms with Crippen LogP contribution in [-0.2, 0) is 5.41 Å². The Hall–Kier alpha value is -5.54. The van der Waals surface area contributed by atoms with Crippen LogP contribution in [0.25, 0.3) is 71.9 Å². The smallest absolute Gasteiger partial charge is 0.159 e. The van der Waals surface area contributed by atoms with E-state index in [4.69, 9.17) is 0 Å². The number of hydrogen-bond donors (Lipinski definition) is 0. The molecule has 0 aliphatic heterocycles. The second kappa shape index (κ2) is 10.3. The number of rotatable bonds is 3.